The fraction of sp³-hybridized carbons (Fsp3) is 0.690. The standard InChI is InChI=1S/C29H47NO4/c1-6-10-26(19-24-15-13-22(3)14-16-24)30(5)20-27(31)21-34-23(4)28-12-9-8-11-25(28)17-18-29(32)33-7-2/h11-13,15-16,22-23,26-27,31H,6-10,14,17-21H2,1-5H3/t22?,23?,26-,27+/m0/s1. The molecule has 5 nitrogen and oxygen atoms in total. The molecule has 0 amide bonds. The lowest BCUT2D eigenvalue weighted by atomic mass is 9.91. The van der Waals surface area contributed by atoms with Crippen LogP contribution >= 0.6 is 0 Å². The Morgan fingerprint density at radius 3 is 2.68 bits per heavy atom. The number of carbonyl (C=O) groups excluding carboxylic acids is 1. The third-order valence-electron chi connectivity index (χ3n) is 6.78. The van der Waals surface area contributed by atoms with Crippen LogP contribution in [0.2, 0.25) is 0 Å². The molecule has 192 valence electrons. The number of hydrogen-bond donors (Lipinski definition) is 1. The van der Waals surface area contributed by atoms with E-state index < -0.39 is 6.10 Å². The lowest BCUT2D eigenvalue weighted by molar-refractivity contribution is -0.143. The van der Waals surface area contributed by atoms with Crippen molar-refractivity contribution in [3.05, 3.63) is 47.1 Å². The molecule has 1 N–H and O–H groups in total. The molecule has 0 aromatic rings. The van der Waals surface area contributed by atoms with Gasteiger partial charge in [0, 0.05) is 19.0 Å². The van der Waals surface area contributed by atoms with Crippen molar-refractivity contribution in [3.8, 4) is 0 Å². The highest BCUT2D eigenvalue weighted by Gasteiger charge is 2.22. The maximum Gasteiger partial charge on any atom is 0.306 e. The summed E-state index contributed by atoms with van der Waals surface area (Å²) >= 11 is 0. The molecule has 2 aliphatic carbocycles. The molecule has 0 fully saturated rings. The van der Waals surface area contributed by atoms with Crippen LogP contribution in [-0.2, 0) is 14.3 Å². The first-order valence-corrected chi connectivity index (χ1v) is 13.3. The topological polar surface area (TPSA) is 59.0 Å². The summed E-state index contributed by atoms with van der Waals surface area (Å²) < 4.78 is 11.2. The first-order valence-electron chi connectivity index (χ1n) is 13.3. The molecule has 34 heavy (non-hydrogen) atoms. The minimum Gasteiger partial charge on any atom is -0.466 e. The first kappa shape index (κ1) is 28.5. The molecule has 0 saturated heterocycles. The van der Waals surface area contributed by atoms with Crippen molar-refractivity contribution in [3.63, 3.8) is 0 Å². The number of carbonyl (C=O) groups is 1. The number of aliphatic hydroxyl groups is 1. The van der Waals surface area contributed by atoms with E-state index in [1.54, 1.807) is 0 Å². The van der Waals surface area contributed by atoms with Gasteiger partial charge < -0.3 is 19.5 Å². The molecular formula is C29H47NO4. The van der Waals surface area contributed by atoms with E-state index in [0.29, 0.717) is 44.6 Å². The summed E-state index contributed by atoms with van der Waals surface area (Å²) in [5.41, 5.74) is 3.73. The molecule has 0 saturated carbocycles. The molecule has 4 atom stereocenters. The lowest BCUT2D eigenvalue weighted by Crippen LogP contribution is -2.40. The highest BCUT2D eigenvalue weighted by molar-refractivity contribution is 5.70. The Balaban J connectivity index is 1.83. The molecule has 5 heteroatoms. The molecule has 0 aromatic heterocycles. The van der Waals surface area contributed by atoms with E-state index in [1.807, 2.05) is 13.8 Å². The van der Waals surface area contributed by atoms with Gasteiger partial charge in [0.25, 0.3) is 0 Å². The zero-order valence-electron chi connectivity index (χ0n) is 22.1. The van der Waals surface area contributed by atoms with Crippen molar-refractivity contribution in [2.24, 2.45) is 5.92 Å². The van der Waals surface area contributed by atoms with Crippen LogP contribution in [-0.4, -0.2) is 61.0 Å². The number of allylic oxidation sites excluding steroid dienone is 5. The van der Waals surface area contributed by atoms with Crippen molar-refractivity contribution in [1.29, 1.82) is 0 Å². The second-order valence-corrected chi connectivity index (χ2v) is 9.84. The molecule has 0 heterocycles. The van der Waals surface area contributed by atoms with Crippen LogP contribution in [0.4, 0.5) is 0 Å². The van der Waals surface area contributed by atoms with E-state index in [-0.39, 0.29) is 12.1 Å². The van der Waals surface area contributed by atoms with Gasteiger partial charge in [-0.3, -0.25) is 4.79 Å². The predicted octanol–water partition coefficient (Wildman–Crippen LogP) is 5.76. The summed E-state index contributed by atoms with van der Waals surface area (Å²) in [6.45, 7) is 9.65. The first-order chi connectivity index (χ1) is 16.3. The van der Waals surface area contributed by atoms with Gasteiger partial charge in [0.05, 0.1) is 25.4 Å². The summed E-state index contributed by atoms with van der Waals surface area (Å²) in [6, 6.07) is 0.417. The van der Waals surface area contributed by atoms with Crippen molar-refractivity contribution in [2.45, 2.75) is 97.3 Å². The summed E-state index contributed by atoms with van der Waals surface area (Å²) in [5, 5.41) is 10.7. The molecule has 0 spiro atoms. The zero-order valence-corrected chi connectivity index (χ0v) is 22.1. The highest BCUT2D eigenvalue weighted by atomic mass is 16.5. The number of hydrogen-bond acceptors (Lipinski definition) is 5. The number of esters is 1. The van der Waals surface area contributed by atoms with Crippen molar-refractivity contribution >= 4 is 5.97 Å². The van der Waals surface area contributed by atoms with Gasteiger partial charge in [0.1, 0.15) is 0 Å². The quantitative estimate of drug-likeness (QED) is 0.307. The summed E-state index contributed by atoms with van der Waals surface area (Å²) in [6.07, 6.45) is 18.1. The Kier molecular flexibility index (Phi) is 12.9. The van der Waals surface area contributed by atoms with Crippen molar-refractivity contribution in [1.82, 2.24) is 4.90 Å². The van der Waals surface area contributed by atoms with E-state index in [4.69, 9.17) is 9.47 Å². The van der Waals surface area contributed by atoms with E-state index in [1.165, 1.54) is 11.1 Å². The van der Waals surface area contributed by atoms with E-state index >= 15 is 0 Å². The fourth-order valence-electron chi connectivity index (χ4n) is 4.77. The Morgan fingerprint density at radius 2 is 2.00 bits per heavy atom. The second-order valence-electron chi connectivity index (χ2n) is 9.84. The molecule has 0 aliphatic heterocycles. The van der Waals surface area contributed by atoms with E-state index in [0.717, 1.165) is 44.1 Å². The molecular weight excluding hydrogens is 426 g/mol. The largest absolute Gasteiger partial charge is 0.466 e. The number of aliphatic hydroxyl groups excluding tert-OH is 1. The van der Waals surface area contributed by atoms with Gasteiger partial charge >= 0.3 is 5.97 Å². The molecule has 0 bridgehead atoms. The monoisotopic (exact) mass is 473 g/mol. The molecule has 2 rings (SSSR count). The smallest absolute Gasteiger partial charge is 0.306 e. The summed E-state index contributed by atoms with van der Waals surface area (Å²) in [4.78, 5) is 14.1. The van der Waals surface area contributed by atoms with Crippen LogP contribution in [0.5, 0.6) is 0 Å². The SMILES string of the molecule is CCC[C@@H](CC1=CCC(C)C=C1)N(C)C[C@@H](O)COC(C)C1=CCCC=C1CCC(=O)OCC. The number of nitrogens with zero attached hydrogens (tertiary/aromatic N) is 1. The maximum atomic E-state index is 11.8. The number of ether oxygens (including phenoxy) is 2. The fourth-order valence-corrected chi connectivity index (χ4v) is 4.77. The summed E-state index contributed by atoms with van der Waals surface area (Å²) in [7, 11) is 2.11. The Bertz CT molecular complexity index is 751. The minimum absolute atomic E-state index is 0.111. The summed E-state index contributed by atoms with van der Waals surface area (Å²) in [5.74, 6) is 0.475. The molecule has 0 aromatic carbocycles. The van der Waals surface area contributed by atoms with Crippen LogP contribution in [0.25, 0.3) is 0 Å². The van der Waals surface area contributed by atoms with Gasteiger partial charge in [-0.2, -0.15) is 0 Å². The van der Waals surface area contributed by atoms with E-state index in [9.17, 15) is 9.90 Å². The second kappa shape index (κ2) is 15.3. The Labute approximate surface area is 207 Å². The Hall–Kier alpha value is -1.69. The van der Waals surface area contributed by atoms with Gasteiger partial charge in [0.15, 0.2) is 0 Å². The van der Waals surface area contributed by atoms with Gasteiger partial charge in [-0.1, -0.05) is 56.2 Å². The molecule has 2 aliphatic rings. The van der Waals surface area contributed by atoms with Crippen LogP contribution in [0, 0.1) is 5.92 Å². The van der Waals surface area contributed by atoms with Crippen LogP contribution in [0.1, 0.15) is 79.1 Å². The van der Waals surface area contributed by atoms with Crippen LogP contribution in [0.15, 0.2) is 47.1 Å². The number of rotatable bonds is 15. The molecule has 2 unspecified atom stereocenters. The predicted molar refractivity (Wildman–Crippen MR) is 140 cm³/mol. The normalized spacial score (nSPS) is 20.9. The van der Waals surface area contributed by atoms with E-state index in [2.05, 4.69) is 56.2 Å². The van der Waals surface area contributed by atoms with Gasteiger partial charge in [0.2, 0.25) is 0 Å². The van der Waals surface area contributed by atoms with Gasteiger partial charge in [-0.15, -0.1) is 0 Å². The third kappa shape index (κ3) is 9.89. The maximum absolute atomic E-state index is 11.8. The zero-order chi connectivity index (χ0) is 24.9. The molecule has 0 radical (unpaired) electrons. The average molecular weight is 474 g/mol. The third-order valence-corrected chi connectivity index (χ3v) is 6.78. The highest BCUT2D eigenvalue weighted by Crippen LogP contribution is 2.27. The van der Waals surface area contributed by atoms with Gasteiger partial charge in [-0.05, 0) is 76.5 Å². The average Bonchev–Trinajstić information content (AvgIpc) is 2.82. The van der Waals surface area contributed by atoms with Crippen molar-refractivity contribution in [2.75, 3.05) is 26.8 Å². The lowest BCUT2D eigenvalue weighted by Gasteiger charge is -2.31. The van der Waals surface area contributed by atoms with Crippen molar-refractivity contribution < 1.29 is 19.4 Å². The van der Waals surface area contributed by atoms with Crippen LogP contribution in [0.3, 0.4) is 0 Å². The minimum atomic E-state index is -0.543. The van der Waals surface area contributed by atoms with Gasteiger partial charge in [-0.25, -0.2) is 0 Å². The van der Waals surface area contributed by atoms with Crippen LogP contribution < -0.4 is 0 Å². The number of likely N-dealkylation sites (N-methyl/N-ethyl adjacent to an activating group) is 1. The Morgan fingerprint density at radius 1 is 1.24 bits per heavy atom.